The first-order valence-electron chi connectivity index (χ1n) is 6.57. The van der Waals surface area contributed by atoms with E-state index in [2.05, 4.69) is 13.8 Å². The van der Waals surface area contributed by atoms with Gasteiger partial charge in [-0.3, -0.25) is 4.79 Å². The molecular weight excluding hydrogens is 218 g/mol. The Labute approximate surface area is 102 Å². The van der Waals surface area contributed by atoms with Crippen LogP contribution in [0.2, 0.25) is 0 Å². The van der Waals surface area contributed by atoms with Crippen molar-refractivity contribution in [3.05, 3.63) is 0 Å². The molecule has 2 fully saturated rings. The monoisotopic (exact) mass is 239 g/mol. The third kappa shape index (κ3) is 2.45. The van der Waals surface area contributed by atoms with E-state index in [0.717, 1.165) is 19.3 Å². The first-order valence-corrected chi connectivity index (χ1v) is 6.57. The summed E-state index contributed by atoms with van der Waals surface area (Å²) in [6.45, 7) is 4.76. The second-order valence-corrected chi connectivity index (χ2v) is 5.50. The van der Waals surface area contributed by atoms with Crippen molar-refractivity contribution in [1.29, 1.82) is 0 Å². The summed E-state index contributed by atoms with van der Waals surface area (Å²) in [6.07, 6.45) is 3.51. The summed E-state index contributed by atoms with van der Waals surface area (Å²) in [7, 11) is 0. The average Bonchev–Trinajstić information content (AvgIpc) is 3.04. The molecule has 1 saturated heterocycles. The van der Waals surface area contributed by atoms with Gasteiger partial charge in [0, 0.05) is 12.5 Å². The molecule has 2 rings (SSSR count). The van der Waals surface area contributed by atoms with E-state index in [0.29, 0.717) is 24.8 Å². The Morgan fingerprint density at radius 2 is 2.00 bits per heavy atom. The SMILES string of the molecule is CCC1CCN(C(=O)C2CC2C)C(C(=O)O)C1. The Morgan fingerprint density at radius 3 is 2.47 bits per heavy atom. The van der Waals surface area contributed by atoms with Gasteiger partial charge in [-0.1, -0.05) is 20.3 Å². The van der Waals surface area contributed by atoms with Crippen molar-refractivity contribution in [2.45, 2.75) is 45.6 Å². The molecule has 4 atom stereocenters. The number of carbonyl (C=O) groups is 2. The first kappa shape index (κ1) is 12.4. The quantitative estimate of drug-likeness (QED) is 0.816. The van der Waals surface area contributed by atoms with Crippen LogP contribution in [0.5, 0.6) is 0 Å². The van der Waals surface area contributed by atoms with E-state index < -0.39 is 12.0 Å². The zero-order valence-electron chi connectivity index (χ0n) is 10.6. The van der Waals surface area contributed by atoms with E-state index >= 15 is 0 Å². The highest BCUT2D eigenvalue weighted by Gasteiger charge is 2.45. The fraction of sp³-hybridized carbons (Fsp3) is 0.846. The summed E-state index contributed by atoms with van der Waals surface area (Å²) in [5, 5.41) is 9.25. The van der Waals surface area contributed by atoms with Crippen LogP contribution < -0.4 is 0 Å². The smallest absolute Gasteiger partial charge is 0.326 e. The maximum Gasteiger partial charge on any atom is 0.326 e. The average molecular weight is 239 g/mol. The van der Waals surface area contributed by atoms with Crippen LogP contribution in [-0.4, -0.2) is 34.5 Å². The van der Waals surface area contributed by atoms with Gasteiger partial charge in [-0.2, -0.15) is 0 Å². The van der Waals surface area contributed by atoms with Crippen molar-refractivity contribution in [1.82, 2.24) is 4.90 Å². The van der Waals surface area contributed by atoms with Gasteiger partial charge in [-0.25, -0.2) is 4.79 Å². The molecule has 2 aliphatic rings. The zero-order valence-corrected chi connectivity index (χ0v) is 10.6. The van der Waals surface area contributed by atoms with E-state index in [4.69, 9.17) is 0 Å². The third-order valence-corrected chi connectivity index (χ3v) is 4.28. The second-order valence-electron chi connectivity index (χ2n) is 5.50. The summed E-state index contributed by atoms with van der Waals surface area (Å²) >= 11 is 0. The first-order chi connectivity index (χ1) is 8.04. The highest BCUT2D eigenvalue weighted by molar-refractivity contribution is 5.87. The van der Waals surface area contributed by atoms with Crippen LogP contribution >= 0.6 is 0 Å². The van der Waals surface area contributed by atoms with Crippen molar-refractivity contribution < 1.29 is 14.7 Å². The number of carbonyl (C=O) groups excluding carboxylic acids is 1. The van der Waals surface area contributed by atoms with E-state index in [1.807, 2.05) is 0 Å². The van der Waals surface area contributed by atoms with E-state index in [1.54, 1.807) is 4.90 Å². The molecule has 0 aromatic rings. The molecule has 0 aromatic heterocycles. The molecule has 96 valence electrons. The standard InChI is InChI=1S/C13H21NO3/c1-3-9-4-5-14(11(7-9)13(16)17)12(15)10-6-8(10)2/h8-11H,3-7H2,1-2H3,(H,16,17). The molecule has 4 unspecified atom stereocenters. The molecular formula is C13H21NO3. The number of hydrogen-bond donors (Lipinski definition) is 1. The van der Waals surface area contributed by atoms with Crippen molar-refractivity contribution in [3.8, 4) is 0 Å². The van der Waals surface area contributed by atoms with Gasteiger partial charge >= 0.3 is 5.97 Å². The minimum absolute atomic E-state index is 0.0689. The number of amides is 1. The lowest BCUT2D eigenvalue weighted by molar-refractivity contribution is -0.153. The molecule has 4 heteroatoms. The number of rotatable bonds is 3. The maximum absolute atomic E-state index is 12.1. The molecule has 1 N–H and O–H groups in total. The number of aliphatic carboxylic acids is 1. The normalized spacial score (nSPS) is 36.7. The van der Waals surface area contributed by atoms with Crippen LogP contribution in [0, 0.1) is 17.8 Å². The molecule has 0 bridgehead atoms. The van der Waals surface area contributed by atoms with Crippen LogP contribution in [0.3, 0.4) is 0 Å². The van der Waals surface area contributed by atoms with Crippen LogP contribution in [0.1, 0.15) is 39.5 Å². The maximum atomic E-state index is 12.1. The predicted octanol–water partition coefficient (Wildman–Crippen LogP) is 1.74. The molecule has 0 spiro atoms. The lowest BCUT2D eigenvalue weighted by atomic mass is 9.88. The minimum Gasteiger partial charge on any atom is -0.480 e. The van der Waals surface area contributed by atoms with E-state index in [9.17, 15) is 14.7 Å². The van der Waals surface area contributed by atoms with Crippen molar-refractivity contribution >= 4 is 11.9 Å². The number of likely N-dealkylation sites (tertiary alicyclic amines) is 1. The molecule has 0 radical (unpaired) electrons. The van der Waals surface area contributed by atoms with Crippen molar-refractivity contribution in [2.75, 3.05) is 6.54 Å². The molecule has 1 aliphatic carbocycles. The summed E-state index contributed by atoms with van der Waals surface area (Å²) in [4.78, 5) is 25.0. The van der Waals surface area contributed by atoms with E-state index in [-0.39, 0.29) is 11.8 Å². The highest BCUT2D eigenvalue weighted by Crippen LogP contribution is 2.40. The number of hydrogen-bond acceptors (Lipinski definition) is 2. The van der Waals surface area contributed by atoms with Crippen molar-refractivity contribution in [2.24, 2.45) is 17.8 Å². The lowest BCUT2D eigenvalue weighted by Gasteiger charge is -2.37. The van der Waals surface area contributed by atoms with E-state index in [1.165, 1.54) is 0 Å². The van der Waals surface area contributed by atoms with Gasteiger partial charge in [0.1, 0.15) is 6.04 Å². The fourth-order valence-corrected chi connectivity index (χ4v) is 2.79. The summed E-state index contributed by atoms with van der Waals surface area (Å²) in [5.41, 5.74) is 0. The molecule has 1 aliphatic heterocycles. The third-order valence-electron chi connectivity index (χ3n) is 4.28. The Balaban J connectivity index is 2.04. The van der Waals surface area contributed by atoms with Gasteiger partial charge < -0.3 is 10.0 Å². The number of piperidine rings is 1. The molecule has 0 aromatic carbocycles. The van der Waals surface area contributed by atoms with Crippen LogP contribution in [0.25, 0.3) is 0 Å². The van der Waals surface area contributed by atoms with Crippen LogP contribution in [0.15, 0.2) is 0 Å². The van der Waals surface area contributed by atoms with Gasteiger partial charge in [-0.15, -0.1) is 0 Å². The molecule has 4 nitrogen and oxygen atoms in total. The second kappa shape index (κ2) is 4.67. The Kier molecular flexibility index (Phi) is 3.40. The minimum atomic E-state index is -0.843. The summed E-state index contributed by atoms with van der Waals surface area (Å²) in [5.74, 6) is 0.219. The number of carboxylic acids is 1. The molecule has 1 saturated carbocycles. The highest BCUT2D eigenvalue weighted by atomic mass is 16.4. The summed E-state index contributed by atoms with van der Waals surface area (Å²) < 4.78 is 0. The number of nitrogens with zero attached hydrogens (tertiary/aromatic N) is 1. The summed E-state index contributed by atoms with van der Waals surface area (Å²) in [6, 6.07) is -0.589. The topological polar surface area (TPSA) is 57.6 Å². The Morgan fingerprint density at radius 1 is 1.35 bits per heavy atom. The van der Waals surface area contributed by atoms with Crippen LogP contribution in [-0.2, 0) is 9.59 Å². The number of carboxylic acid groups (broad SMARTS) is 1. The van der Waals surface area contributed by atoms with Crippen molar-refractivity contribution in [3.63, 3.8) is 0 Å². The zero-order chi connectivity index (χ0) is 12.6. The molecule has 1 heterocycles. The fourth-order valence-electron chi connectivity index (χ4n) is 2.79. The van der Waals surface area contributed by atoms with Crippen LogP contribution in [0.4, 0.5) is 0 Å². The largest absolute Gasteiger partial charge is 0.480 e. The Bertz CT molecular complexity index is 329. The predicted molar refractivity (Wildman–Crippen MR) is 63.4 cm³/mol. The lowest BCUT2D eigenvalue weighted by Crippen LogP contribution is -2.50. The Hall–Kier alpha value is -1.06. The van der Waals surface area contributed by atoms with Gasteiger partial charge in [0.2, 0.25) is 5.91 Å². The molecule has 1 amide bonds. The van der Waals surface area contributed by atoms with Gasteiger partial charge in [0.25, 0.3) is 0 Å². The van der Waals surface area contributed by atoms with Gasteiger partial charge in [0.05, 0.1) is 0 Å². The van der Waals surface area contributed by atoms with Gasteiger partial charge in [0.15, 0.2) is 0 Å². The van der Waals surface area contributed by atoms with Gasteiger partial charge in [-0.05, 0) is 31.1 Å². The molecule has 17 heavy (non-hydrogen) atoms.